The Balaban J connectivity index is 0.853. The summed E-state index contributed by atoms with van der Waals surface area (Å²) in [7, 11) is 0. The average molecular weight is 731 g/mol. The summed E-state index contributed by atoms with van der Waals surface area (Å²) in [6, 6.07) is 23.0. The first-order chi connectivity index (χ1) is 25.9. The minimum Gasteiger partial charge on any atom is -0.457 e. The van der Waals surface area contributed by atoms with Crippen molar-refractivity contribution in [1.82, 2.24) is 34.9 Å². The van der Waals surface area contributed by atoms with Gasteiger partial charge in [-0.05, 0) is 105 Å². The lowest BCUT2D eigenvalue weighted by Crippen LogP contribution is -2.52. The van der Waals surface area contributed by atoms with Crippen molar-refractivity contribution in [1.29, 1.82) is 0 Å². The Hall–Kier alpha value is -5.27. The molecule has 53 heavy (non-hydrogen) atoms. The molecule has 3 amide bonds. The van der Waals surface area contributed by atoms with Gasteiger partial charge in [0.05, 0.1) is 11.4 Å². The number of fused-ring (bicyclic) bond motifs is 2. The second-order valence-corrected chi connectivity index (χ2v) is 15.0. The highest BCUT2D eigenvalue weighted by Crippen LogP contribution is 2.36. The summed E-state index contributed by atoms with van der Waals surface area (Å²) in [5, 5.41) is 8.27. The van der Waals surface area contributed by atoms with Gasteiger partial charge in [0.1, 0.15) is 35.4 Å². The van der Waals surface area contributed by atoms with Gasteiger partial charge in [-0.25, -0.2) is 14.6 Å². The normalized spacial score (nSPS) is 19.1. The quantitative estimate of drug-likeness (QED) is 0.0860. The van der Waals surface area contributed by atoms with Crippen LogP contribution in [0.5, 0.6) is 11.5 Å². The molecule has 3 N–H and O–H groups in total. The van der Waals surface area contributed by atoms with Crippen molar-refractivity contribution in [2.24, 2.45) is 0 Å². The number of hydrogen-bond acceptors (Lipinski definition) is 10. The Morgan fingerprint density at radius 3 is 2.57 bits per heavy atom. The third-order valence-corrected chi connectivity index (χ3v) is 11.6. The van der Waals surface area contributed by atoms with Crippen molar-refractivity contribution in [2.75, 3.05) is 31.1 Å². The summed E-state index contributed by atoms with van der Waals surface area (Å²) in [5.41, 5.74) is 10.6. The Labute approximate surface area is 312 Å². The minimum absolute atomic E-state index is 0.129. The molecule has 2 unspecified atom stereocenters. The number of carbonyl (C=O) groups excluding carboxylic acids is 3. The Bertz CT molecular complexity index is 2140. The lowest BCUT2D eigenvalue weighted by molar-refractivity contribution is -0.136. The number of imide groups is 1. The van der Waals surface area contributed by atoms with Crippen LogP contribution in [0.1, 0.15) is 66.9 Å². The van der Waals surface area contributed by atoms with Crippen LogP contribution in [-0.4, -0.2) is 78.7 Å². The number of unbranched alkanes of at least 4 members (excludes halogenated alkanes) is 2. The lowest BCUT2D eigenvalue weighted by atomic mass is 10.0. The highest BCUT2D eigenvalue weighted by molar-refractivity contribution is 7.99. The van der Waals surface area contributed by atoms with Crippen molar-refractivity contribution in [3.05, 3.63) is 90.3 Å². The number of para-hydroxylation sites is 1. The van der Waals surface area contributed by atoms with E-state index >= 15 is 0 Å². The van der Waals surface area contributed by atoms with Crippen LogP contribution in [0.15, 0.2) is 84.0 Å². The summed E-state index contributed by atoms with van der Waals surface area (Å²) in [6.45, 7) is 3.38. The maximum absolute atomic E-state index is 13.2. The van der Waals surface area contributed by atoms with Crippen LogP contribution in [0.2, 0.25) is 0 Å². The number of nitrogens with two attached hydrogens (primary N) is 1. The van der Waals surface area contributed by atoms with E-state index in [1.165, 1.54) is 6.33 Å². The zero-order chi connectivity index (χ0) is 36.3. The number of nitrogens with one attached hydrogen (secondary N) is 1. The lowest BCUT2D eigenvalue weighted by Gasteiger charge is -2.33. The number of benzene rings is 3. The number of nitrogen functional groups attached to an aromatic ring is 1. The van der Waals surface area contributed by atoms with E-state index in [2.05, 4.69) is 30.9 Å². The van der Waals surface area contributed by atoms with Gasteiger partial charge in [-0.2, -0.15) is 5.10 Å². The number of hydrogen-bond donors (Lipinski definition) is 2. The first kappa shape index (κ1) is 34.8. The Kier molecular flexibility index (Phi) is 10.1. The van der Waals surface area contributed by atoms with Crippen molar-refractivity contribution < 1.29 is 19.1 Å². The number of nitrogens with zero attached hydrogens (tertiary/aromatic N) is 6. The second-order valence-electron chi connectivity index (χ2n) is 13.9. The fourth-order valence-corrected chi connectivity index (χ4v) is 8.77. The molecule has 272 valence electrons. The number of ether oxygens (including phenoxy) is 1. The number of likely N-dealkylation sites (tertiary alicyclic amines) is 1. The molecule has 2 fully saturated rings. The number of aromatic nitrogens is 4. The van der Waals surface area contributed by atoms with E-state index in [1.54, 1.807) is 16.7 Å². The standard InChI is InChI=1S/C40H42N8O4S/c41-37-35-36(26-14-16-29(17-15-26)52-28-10-3-1-4-11-28)45-48(38(35)43-25-42-37)27-9-8-21-46(23-27)20-5-2-6-22-53-33-13-7-12-30-31(33)24-47(40(30)51)32-18-19-34(49)44-39(32)50/h1,3-4,7,10-17,25,27,32H,2,5-6,8-9,18-24H2,(H2,41,42,43)(H,44,49,50). The number of amides is 3. The number of anilines is 1. The molecule has 3 aliphatic rings. The summed E-state index contributed by atoms with van der Waals surface area (Å²) >= 11 is 1.78. The minimum atomic E-state index is -0.599. The maximum atomic E-state index is 13.2. The predicted molar refractivity (Wildman–Crippen MR) is 203 cm³/mol. The molecule has 2 atom stereocenters. The van der Waals surface area contributed by atoms with Gasteiger partial charge >= 0.3 is 0 Å². The molecule has 3 aliphatic heterocycles. The van der Waals surface area contributed by atoms with Gasteiger partial charge in [0.25, 0.3) is 5.91 Å². The Morgan fingerprint density at radius 2 is 1.74 bits per heavy atom. The molecule has 0 aliphatic carbocycles. The molecule has 2 aromatic heterocycles. The van der Waals surface area contributed by atoms with Gasteiger partial charge in [0, 0.05) is 35.5 Å². The Morgan fingerprint density at radius 1 is 0.906 bits per heavy atom. The van der Waals surface area contributed by atoms with E-state index < -0.39 is 6.04 Å². The van der Waals surface area contributed by atoms with Crippen molar-refractivity contribution in [2.45, 2.75) is 68.5 Å². The molecular weight excluding hydrogens is 689 g/mol. The molecule has 3 aromatic carbocycles. The maximum Gasteiger partial charge on any atom is 0.255 e. The van der Waals surface area contributed by atoms with Crippen LogP contribution in [0.4, 0.5) is 5.82 Å². The number of piperidine rings is 2. The van der Waals surface area contributed by atoms with Gasteiger partial charge in [-0.1, -0.05) is 30.7 Å². The molecule has 5 heterocycles. The predicted octanol–water partition coefficient (Wildman–Crippen LogP) is 6.23. The molecule has 5 aromatic rings. The average Bonchev–Trinajstić information content (AvgIpc) is 3.73. The molecular formula is C40H42N8O4S. The van der Waals surface area contributed by atoms with E-state index in [0.29, 0.717) is 24.3 Å². The molecule has 0 radical (unpaired) electrons. The van der Waals surface area contributed by atoms with Crippen LogP contribution >= 0.6 is 11.8 Å². The topological polar surface area (TPSA) is 149 Å². The third-order valence-electron chi connectivity index (χ3n) is 10.4. The largest absolute Gasteiger partial charge is 0.457 e. The molecule has 0 bridgehead atoms. The van der Waals surface area contributed by atoms with Gasteiger partial charge in [0.15, 0.2) is 5.65 Å². The van der Waals surface area contributed by atoms with E-state index in [9.17, 15) is 14.4 Å². The summed E-state index contributed by atoms with van der Waals surface area (Å²) in [6.07, 6.45) is 7.50. The monoisotopic (exact) mass is 730 g/mol. The van der Waals surface area contributed by atoms with Crippen molar-refractivity contribution in [3.8, 4) is 22.8 Å². The van der Waals surface area contributed by atoms with Crippen LogP contribution < -0.4 is 15.8 Å². The molecule has 8 rings (SSSR count). The summed E-state index contributed by atoms with van der Waals surface area (Å²) < 4.78 is 8.06. The van der Waals surface area contributed by atoms with Gasteiger partial charge in [-0.3, -0.25) is 19.7 Å². The molecule has 12 nitrogen and oxygen atoms in total. The summed E-state index contributed by atoms with van der Waals surface area (Å²) in [5.74, 6) is 2.11. The van der Waals surface area contributed by atoms with E-state index in [0.717, 1.165) is 102 Å². The van der Waals surface area contributed by atoms with E-state index in [1.807, 2.05) is 66.7 Å². The van der Waals surface area contributed by atoms with Crippen LogP contribution in [0.3, 0.4) is 0 Å². The summed E-state index contributed by atoms with van der Waals surface area (Å²) in [4.78, 5) is 51.5. The number of thioether (sulfide) groups is 1. The first-order valence-electron chi connectivity index (χ1n) is 18.4. The molecule has 0 spiro atoms. The first-order valence-corrected chi connectivity index (χ1v) is 19.4. The number of carbonyl (C=O) groups is 3. The van der Waals surface area contributed by atoms with Gasteiger partial charge in [-0.15, -0.1) is 11.8 Å². The number of rotatable bonds is 12. The highest BCUT2D eigenvalue weighted by atomic mass is 32.2. The second kappa shape index (κ2) is 15.4. The SMILES string of the molecule is Nc1ncnc2c1c(-c1ccc(Oc3ccccc3)cc1)nn2C1CCCN(CCCCCSc2cccc3c2CN(C2CCC(=O)NC2=O)C3=O)C1. The third kappa shape index (κ3) is 7.36. The van der Waals surface area contributed by atoms with E-state index in [4.69, 9.17) is 15.6 Å². The van der Waals surface area contributed by atoms with Crippen LogP contribution in [-0.2, 0) is 16.1 Å². The fraction of sp³-hybridized carbons (Fsp3) is 0.350. The molecule has 0 saturated carbocycles. The van der Waals surface area contributed by atoms with Crippen LogP contribution in [0, 0.1) is 0 Å². The van der Waals surface area contributed by atoms with E-state index in [-0.39, 0.29) is 30.2 Å². The fourth-order valence-electron chi connectivity index (χ4n) is 7.68. The van der Waals surface area contributed by atoms with Gasteiger partial charge < -0.3 is 20.3 Å². The molecule has 2 saturated heterocycles. The zero-order valence-corrected chi connectivity index (χ0v) is 30.3. The zero-order valence-electron chi connectivity index (χ0n) is 29.4. The smallest absolute Gasteiger partial charge is 0.255 e. The molecule has 13 heteroatoms. The van der Waals surface area contributed by atoms with Crippen LogP contribution in [0.25, 0.3) is 22.3 Å². The van der Waals surface area contributed by atoms with Gasteiger partial charge in [0.2, 0.25) is 11.8 Å². The van der Waals surface area contributed by atoms with Crippen molar-refractivity contribution in [3.63, 3.8) is 0 Å². The van der Waals surface area contributed by atoms with Crippen molar-refractivity contribution >= 4 is 46.3 Å². The highest BCUT2D eigenvalue weighted by Gasteiger charge is 2.39.